The third-order valence-corrected chi connectivity index (χ3v) is 4.71. The number of aryl methyl sites for hydroxylation is 2. The molecule has 7 heteroatoms. The second kappa shape index (κ2) is 4.75. The average Bonchev–Trinajstić information content (AvgIpc) is 2.39. The van der Waals surface area contributed by atoms with Gasteiger partial charge in [-0.3, -0.25) is 4.68 Å². The molecule has 17 heavy (non-hydrogen) atoms. The Bertz CT molecular complexity index is 505. The minimum absolute atomic E-state index is 0.0656. The Balaban J connectivity index is 3.22. The van der Waals surface area contributed by atoms with Gasteiger partial charge in [0.15, 0.2) is 0 Å². The Hall–Kier alpha value is -0.920. The van der Waals surface area contributed by atoms with Crippen LogP contribution >= 0.6 is 0 Å². The first-order valence-corrected chi connectivity index (χ1v) is 6.76. The van der Waals surface area contributed by atoms with Crippen molar-refractivity contribution >= 4 is 10.0 Å². The van der Waals surface area contributed by atoms with Gasteiger partial charge >= 0.3 is 0 Å². The van der Waals surface area contributed by atoms with Crippen LogP contribution in [0, 0.1) is 13.8 Å². The molecule has 1 atom stereocenters. The van der Waals surface area contributed by atoms with E-state index in [1.165, 1.54) is 7.05 Å². The van der Waals surface area contributed by atoms with Crippen LogP contribution in [0.3, 0.4) is 0 Å². The Morgan fingerprint density at radius 1 is 1.47 bits per heavy atom. The molecule has 0 fully saturated rings. The predicted molar refractivity (Wildman–Crippen MR) is 64.2 cm³/mol. The number of hydrogen-bond acceptors (Lipinski definition) is 4. The monoisotopic (exact) mass is 261 g/mol. The molecule has 0 saturated heterocycles. The maximum absolute atomic E-state index is 12.3. The molecule has 98 valence electrons. The minimum atomic E-state index is -3.58. The first-order chi connectivity index (χ1) is 7.67. The molecule has 1 aromatic heterocycles. The molecular weight excluding hydrogens is 242 g/mol. The molecule has 6 nitrogen and oxygen atoms in total. The Labute approximate surface area is 102 Å². The molecule has 0 aliphatic rings. The number of aliphatic hydroxyl groups excluding tert-OH is 1. The standard InChI is InChI=1S/C10H19N3O3S/c1-7(14)6-12(4)17(15,16)10-8(2)11-13(5)9(10)3/h7,14H,6H2,1-5H3. The summed E-state index contributed by atoms with van der Waals surface area (Å²) >= 11 is 0. The van der Waals surface area contributed by atoms with E-state index in [9.17, 15) is 13.5 Å². The fourth-order valence-electron chi connectivity index (χ4n) is 1.75. The fraction of sp³-hybridized carbons (Fsp3) is 0.700. The van der Waals surface area contributed by atoms with Crippen LogP contribution in [-0.2, 0) is 17.1 Å². The van der Waals surface area contributed by atoms with Crippen molar-refractivity contribution in [3.63, 3.8) is 0 Å². The van der Waals surface area contributed by atoms with Gasteiger partial charge < -0.3 is 5.11 Å². The normalized spacial score (nSPS) is 14.3. The summed E-state index contributed by atoms with van der Waals surface area (Å²) in [5.74, 6) is 0. The number of aliphatic hydroxyl groups is 1. The van der Waals surface area contributed by atoms with Gasteiger partial charge in [0.25, 0.3) is 0 Å². The van der Waals surface area contributed by atoms with Gasteiger partial charge in [-0.15, -0.1) is 0 Å². The van der Waals surface area contributed by atoms with Crippen LogP contribution in [0.5, 0.6) is 0 Å². The van der Waals surface area contributed by atoms with Gasteiger partial charge in [-0.25, -0.2) is 8.42 Å². The van der Waals surface area contributed by atoms with E-state index in [1.54, 1.807) is 32.5 Å². The summed E-state index contributed by atoms with van der Waals surface area (Å²) in [6.45, 7) is 4.99. The highest BCUT2D eigenvalue weighted by Crippen LogP contribution is 2.22. The molecule has 0 radical (unpaired) electrons. The van der Waals surface area contributed by atoms with E-state index in [1.807, 2.05) is 0 Å². The van der Waals surface area contributed by atoms with Crippen molar-refractivity contribution in [3.8, 4) is 0 Å². The highest BCUT2D eigenvalue weighted by Gasteiger charge is 2.28. The summed E-state index contributed by atoms with van der Waals surface area (Å²) in [5, 5.41) is 13.3. The van der Waals surface area contributed by atoms with Crippen molar-refractivity contribution in [2.75, 3.05) is 13.6 Å². The summed E-state index contributed by atoms with van der Waals surface area (Å²) < 4.78 is 27.3. The third-order valence-electron chi connectivity index (χ3n) is 2.63. The van der Waals surface area contributed by atoms with E-state index in [4.69, 9.17) is 0 Å². The highest BCUT2D eigenvalue weighted by atomic mass is 32.2. The molecule has 0 spiro atoms. The molecule has 0 bridgehead atoms. The second-order valence-corrected chi connectivity index (χ2v) is 6.24. The quantitative estimate of drug-likeness (QED) is 0.830. The number of likely N-dealkylation sites (N-methyl/N-ethyl adjacent to an activating group) is 1. The van der Waals surface area contributed by atoms with Crippen molar-refractivity contribution < 1.29 is 13.5 Å². The van der Waals surface area contributed by atoms with Crippen molar-refractivity contribution in [2.45, 2.75) is 31.8 Å². The lowest BCUT2D eigenvalue weighted by Gasteiger charge is -2.18. The molecule has 0 saturated carbocycles. The van der Waals surface area contributed by atoms with Gasteiger partial charge in [-0.2, -0.15) is 9.40 Å². The van der Waals surface area contributed by atoms with E-state index in [2.05, 4.69) is 5.10 Å². The molecule has 0 aliphatic heterocycles. The van der Waals surface area contributed by atoms with E-state index in [-0.39, 0.29) is 11.4 Å². The van der Waals surface area contributed by atoms with Crippen molar-refractivity contribution in [3.05, 3.63) is 11.4 Å². The van der Waals surface area contributed by atoms with Crippen LogP contribution in [-0.4, -0.2) is 47.3 Å². The van der Waals surface area contributed by atoms with E-state index in [0.29, 0.717) is 11.4 Å². The first kappa shape index (κ1) is 14.1. The highest BCUT2D eigenvalue weighted by molar-refractivity contribution is 7.89. The topological polar surface area (TPSA) is 75.4 Å². The van der Waals surface area contributed by atoms with Crippen molar-refractivity contribution in [1.82, 2.24) is 14.1 Å². The van der Waals surface area contributed by atoms with E-state index < -0.39 is 16.1 Å². The number of aromatic nitrogens is 2. The summed E-state index contributed by atoms with van der Waals surface area (Å²) in [4.78, 5) is 0.225. The summed E-state index contributed by atoms with van der Waals surface area (Å²) in [6, 6.07) is 0. The van der Waals surface area contributed by atoms with Gasteiger partial charge in [0, 0.05) is 20.6 Å². The number of rotatable bonds is 4. The molecule has 1 heterocycles. The minimum Gasteiger partial charge on any atom is -0.392 e. The summed E-state index contributed by atoms with van der Waals surface area (Å²) in [6.07, 6.45) is -0.702. The lowest BCUT2D eigenvalue weighted by Crippen LogP contribution is -2.33. The lowest BCUT2D eigenvalue weighted by molar-refractivity contribution is 0.171. The zero-order valence-corrected chi connectivity index (χ0v) is 11.6. The van der Waals surface area contributed by atoms with Crippen LogP contribution < -0.4 is 0 Å². The Morgan fingerprint density at radius 3 is 2.35 bits per heavy atom. The number of sulfonamides is 1. The van der Waals surface area contributed by atoms with E-state index in [0.717, 1.165) is 4.31 Å². The number of nitrogens with zero attached hydrogens (tertiary/aromatic N) is 3. The molecule has 1 unspecified atom stereocenters. The molecule has 0 aliphatic carbocycles. The fourth-order valence-corrected chi connectivity index (χ4v) is 3.40. The maximum atomic E-state index is 12.3. The van der Waals surface area contributed by atoms with Crippen LogP contribution in [0.4, 0.5) is 0 Å². The zero-order chi connectivity index (χ0) is 13.4. The lowest BCUT2D eigenvalue weighted by atomic mass is 10.4. The zero-order valence-electron chi connectivity index (χ0n) is 10.8. The second-order valence-electron chi connectivity index (χ2n) is 4.26. The van der Waals surface area contributed by atoms with E-state index >= 15 is 0 Å². The average molecular weight is 261 g/mol. The number of hydrogen-bond donors (Lipinski definition) is 1. The molecule has 0 aromatic carbocycles. The largest absolute Gasteiger partial charge is 0.392 e. The summed E-state index contributed by atoms with van der Waals surface area (Å²) in [5.41, 5.74) is 1.07. The summed E-state index contributed by atoms with van der Waals surface area (Å²) in [7, 11) is -0.428. The van der Waals surface area contributed by atoms with Gasteiger partial charge in [-0.05, 0) is 20.8 Å². The predicted octanol–water partition coefficient (Wildman–Crippen LogP) is 0.0382. The SMILES string of the molecule is Cc1nn(C)c(C)c1S(=O)(=O)N(C)CC(C)O. The smallest absolute Gasteiger partial charge is 0.246 e. The van der Waals surface area contributed by atoms with Gasteiger partial charge in [0.1, 0.15) is 4.90 Å². The van der Waals surface area contributed by atoms with Crippen molar-refractivity contribution in [1.29, 1.82) is 0 Å². The molecule has 0 amide bonds. The van der Waals surface area contributed by atoms with Crippen LogP contribution in [0.25, 0.3) is 0 Å². The van der Waals surface area contributed by atoms with Crippen molar-refractivity contribution in [2.24, 2.45) is 7.05 Å². The van der Waals surface area contributed by atoms with Crippen LogP contribution in [0.2, 0.25) is 0 Å². The van der Waals surface area contributed by atoms with Crippen LogP contribution in [0.15, 0.2) is 4.90 Å². The van der Waals surface area contributed by atoms with Gasteiger partial charge in [0.05, 0.1) is 17.5 Å². The van der Waals surface area contributed by atoms with Gasteiger partial charge in [0.2, 0.25) is 10.0 Å². The van der Waals surface area contributed by atoms with Crippen LogP contribution in [0.1, 0.15) is 18.3 Å². The maximum Gasteiger partial charge on any atom is 0.246 e. The molecule has 1 N–H and O–H groups in total. The third kappa shape index (κ3) is 2.67. The Kier molecular flexibility index (Phi) is 3.95. The molecule has 1 aromatic rings. The molecule has 1 rings (SSSR count). The van der Waals surface area contributed by atoms with Gasteiger partial charge in [-0.1, -0.05) is 0 Å². The Morgan fingerprint density at radius 2 is 2.00 bits per heavy atom. The molecular formula is C10H19N3O3S. The first-order valence-electron chi connectivity index (χ1n) is 5.32.